The fourth-order valence-electron chi connectivity index (χ4n) is 1.40. The summed E-state index contributed by atoms with van der Waals surface area (Å²) in [4.78, 5) is 10.6. The Morgan fingerprint density at radius 1 is 1.57 bits per heavy atom. The van der Waals surface area contributed by atoms with Gasteiger partial charge in [0, 0.05) is 17.5 Å². The fraction of sp³-hybridized carbons (Fsp3) is 0.200. The van der Waals surface area contributed by atoms with E-state index in [1.165, 1.54) is 0 Å². The highest BCUT2D eigenvalue weighted by molar-refractivity contribution is 9.10. The maximum atomic E-state index is 10.6. The summed E-state index contributed by atoms with van der Waals surface area (Å²) in [6, 6.07) is 5.47. The van der Waals surface area contributed by atoms with Crippen LogP contribution in [0.3, 0.4) is 0 Å². The molecule has 0 atom stereocenters. The van der Waals surface area contributed by atoms with Crippen LogP contribution in [0.25, 0.3) is 10.9 Å². The highest BCUT2D eigenvalue weighted by Crippen LogP contribution is 2.24. The molecule has 2 aromatic rings. The van der Waals surface area contributed by atoms with Crippen LogP contribution < -0.4 is 0 Å². The number of carbonyl (C=O) groups is 1. The monoisotopic (exact) mass is 252 g/mol. The van der Waals surface area contributed by atoms with Crippen LogP contribution in [0.15, 0.2) is 22.8 Å². The van der Waals surface area contributed by atoms with Crippen molar-refractivity contribution in [3.05, 3.63) is 28.4 Å². The van der Waals surface area contributed by atoms with Gasteiger partial charge in [-0.2, -0.15) is 5.10 Å². The molecule has 1 heterocycles. The lowest BCUT2D eigenvalue weighted by Gasteiger charge is -1.94. The molecule has 0 spiro atoms. The largest absolute Gasteiger partial charge is 0.298 e. The molecule has 0 aliphatic carbocycles. The third-order valence-electron chi connectivity index (χ3n) is 2.13. The summed E-state index contributed by atoms with van der Waals surface area (Å²) in [7, 11) is 0. The maximum absolute atomic E-state index is 10.6. The van der Waals surface area contributed by atoms with Crippen molar-refractivity contribution in [2.24, 2.45) is 0 Å². The van der Waals surface area contributed by atoms with Crippen molar-refractivity contribution >= 4 is 33.1 Å². The van der Waals surface area contributed by atoms with Gasteiger partial charge in [-0.1, -0.05) is 0 Å². The van der Waals surface area contributed by atoms with Gasteiger partial charge in [-0.15, -0.1) is 0 Å². The highest BCUT2D eigenvalue weighted by Gasteiger charge is 2.07. The standard InChI is InChI=1S/C10H9BrN2O/c1-2-13-10(11)8-5-7(6-14)3-4-9(8)12-13/h3-6H,2H2,1H3. The zero-order valence-electron chi connectivity index (χ0n) is 7.70. The third-order valence-corrected chi connectivity index (χ3v) is 2.97. The smallest absolute Gasteiger partial charge is 0.150 e. The molecule has 4 heteroatoms. The second-order valence-electron chi connectivity index (χ2n) is 3.00. The number of nitrogens with zero attached hydrogens (tertiary/aromatic N) is 2. The molecule has 0 radical (unpaired) electrons. The van der Waals surface area contributed by atoms with Gasteiger partial charge in [0.2, 0.25) is 0 Å². The Labute approximate surface area is 89.8 Å². The van der Waals surface area contributed by atoms with Crippen LogP contribution in [0, 0.1) is 0 Å². The number of aldehydes is 1. The summed E-state index contributed by atoms with van der Waals surface area (Å²) in [5.41, 5.74) is 1.58. The molecule has 2 rings (SSSR count). The first-order valence-electron chi connectivity index (χ1n) is 4.37. The first-order valence-corrected chi connectivity index (χ1v) is 5.16. The molecule has 0 unspecified atom stereocenters. The SMILES string of the molecule is CCn1nc2ccc(C=O)cc2c1Br. The molecule has 1 aromatic carbocycles. The average molecular weight is 253 g/mol. The summed E-state index contributed by atoms with van der Waals surface area (Å²) >= 11 is 3.46. The minimum absolute atomic E-state index is 0.675. The number of benzene rings is 1. The van der Waals surface area contributed by atoms with Crippen molar-refractivity contribution in [2.45, 2.75) is 13.5 Å². The van der Waals surface area contributed by atoms with Gasteiger partial charge in [-0.3, -0.25) is 9.48 Å². The minimum atomic E-state index is 0.675. The molecule has 0 N–H and O–H groups in total. The van der Waals surface area contributed by atoms with E-state index in [4.69, 9.17) is 0 Å². The van der Waals surface area contributed by atoms with Crippen LogP contribution >= 0.6 is 15.9 Å². The first kappa shape index (κ1) is 9.40. The predicted octanol–water partition coefficient (Wildman–Crippen LogP) is 2.63. The van der Waals surface area contributed by atoms with E-state index in [0.717, 1.165) is 28.3 Å². The number of hydrogen-bond acceptors (Lipinski definition) is 2. The van der Waals surface area contributed by atoms with Crippen LogP contribution in [0.1, 0.15) is 17.3 Å². The Morgan fingerprint density at radius 3 is 3.00 bits per heavy atom. The molecule has 0 aliphatic heterocycles. The van der Waals surface area contributed by atoms with E-state index in [2.05, 4.69) is 21.0 Å². The molecule has 0 saturated carbocycles. The Balaban J connectivity index is 2.73. The van der Waals surface area contributed by atoms with Gasteiger partial charge < -0.3 is 0 Å². The van der Waals surface area contributed by atoms with Crippen molar-refractivity contribution in [1.29, 1.82) is 0 Å². The summed E-state index contributed by atoms with van der Waals surface area (Å²) in [5, 5.41) is 5.34. The van der Waals surface area contributed by atoms with E-state index in [9.17, 15) is 4.79 Å². The van der Waals surface area contributed by atoms with Crippen LogP contribution in [0.4, 0.5) is 0 Å². The number of rotatable bonds is 2. The Hall–Kier alpha value is -1.16. The average Bonchev–Trinajstić information content (AvgIpc) is 2.55. The summed E-state index contributed by atoms with van der Waals surface area (Å²) in [5.74, 6) is 0. The number of aryl methyl sites for hydroxylation is 1. The molecule has 0 saturated heterocycles. The lowest BCUT2D eigenvalue weighted by Crippen LogP contribution is -1.95. The van der Waals surface area contributed by atoms with Crippen LogP contribution in [0.5, 0.6) is 0 Å². The maximum Gasteiger partial charge on any atom is 0.150 e. The van der Waals surface area contributed by atoms with Gasteiger partial charge in [-0.05, 0) is 41.1 Å². The minimum Gasteiger partial charge on any atom is -0.298 e. The van der Waals surface area contributed by atoms with Crippen molar-refractivity contribution in [2.75, 3.05) is 0 Å². The van der Waals surface area contributed by atoms with Crippen LogP contribution in [0.2, 0.25) is 0 Å². The Bertz CT molecular complexity index is 490. The highest BCUT2D eigenvalue weighted by atomic mass is 79.9. The summed E-state index contributed by atoms with van der Waals surface area (Å²) in [6.45, 7) is 2.84. The summed E-state index contributed by atoms with van der Waals surface area (Å²) in [6.07, 6.45) is 0.842. The third kappa shape index (κ3) is 1.35. The van der Waals surface area contributed by atoms with Gasteiger partial charge >= 0.3 is 0 Å². The first-order chi connectivity index (χ1) is 6.76. The molecule has 0 bridgehead atoms. The number of carbonyl (C=O) groups excluding carboxylic acids is 1. The molecular weight excluding hydrogens is 244 g/mol. The van der Waals surface area contributed by atoms with E-state index in [1.54, 1.807) is 6.07 Å². The van der Waals surface area contributed by atoms with Gasteiger partial charge in [-0.25, -0.2) is 0 Å². The van der Waals surface area contributed by atoms with Gasteiger partial charge in [0.25, 0.3) is 0 Å². The molecule has 0 fully saturated rings. The van der Waals surface area contributed by atoms with E-state index in [1.807, 2.05) is 23.7 Å². The quantitative estimate of drug-likeness (QED) is 0.771. The second kappa shape index (κ2) is 3.53. The lowest BCUT2D eigenvalue weighted by atomic mass is 10.2. The van der Waals surface area contributed by atoms with Gasteiger partial charge in [0.05, 0.1) is 5.52 Å². The number of hydrogen-bond donors (Lipinski definition) is 0. The van der Waals surface area contributed by atoms with Crippen molar-refractivity contribution < 1.29 is 4.79 Å². The Morgan fingerprint density at radius 2 is 2.36 bits per heavy atom. The Kier molecular flexibility index (Phi) is 2.37. The van der Waals surface area contributed by atoms with Gasteiger partial charge in [0.1, 0.15) is 10.9 Å². The normalized spacial score (nSPS) is 10.7. The van der Waals surface area contributed by atoms with E-state index in [-0.39, 0.29) is 0 Å². The molecule has 72 valence electrons. The van der Waals surface area contributed by atoms with E-state index in [0.29, 0.717) is 5.56 Å². The number of halogens is 1. The second-order valence-corrected chi connectivity index (χ2v) is 3.75. The molecule has 0 aliphatic rings. The van der Waals surface area contributed by atoms with Gasteiger partial charge in [0.15, 0.2) is 0 Å². The van der Waals surface area contributed by atoms with Crippen LogP contribution in [-0.2, 0) is 6.54 Å². The zero-order valence-corrected chi connectivity index (χ0v) is 9.28. The molecule has 0 amide bonds. The lowest BCUT2D eigenvalue weighted by molar-refractivity contribution is 0.112. The number of aromatic nitrogens is 2. The zero-order chi connectivity index (χ0) is 10.1. The molecular formula is C10H9BrN2O. The number of fused-ring (bicyclic) bond motifs is 1. The van der Waals surface area contributed by atoms with E-state index >= 15 is 0 Å². The fourth-order valence-corrected chi connectivity index (χ4v) is 2.05. The van der Waals surface area contributed by atoms with E-state index < -0.39 is 0 Å². The predicted molar refractivity (Wildman–Crippen MR) is 58.5 cm³/mol. The van der Waals surface area contributed by atoms with Crippen molar-refractivity contribution in [1.82, 2.24) is 9.78 Å². The van der Waals surface area contributed by atoms with Crippen molar-refractivity contribution in [3.8, 4) is 0 Å². The van der Waals surface area contributed by atoms with Crippen LogP contribution in [-0.4, -0.2) is 16.1 Å². The molecule has 14 heavy (non-hydrogen) atoms. The molecule has 3 nitrogen and oxygen atoms in total. The molecule has 1 aromatic heterocycles. The topological polar surface area (TPSA) is 34.9 Å². The summed E-state index contributed by atoms with van der Waals surface area (Å²) < 4.78 is 2.79. The van der Waals surface area contributed by atoms with Crippen molar-refractivity contribution in [3.63, 3.8) is 0 Å².